The maximum atomic E-state index is 9.59. The molecular formula is C13H20N2O. The first kappa shape index (κ1) is 11.4. The van der Waals surface area contributed by atoms with E-state index >= 15 is 0 Å². The van der Waals surface area contributed by atoms with Crippen LogP contribution in [0.4, 0.5) is 5.69 Å². The lowest BCUT2D eigenvalue weighted by atomic mass is 9.87. The third-order valence-corrected chi connectivity index (χ3v) is 3.36. The van der Waals surface area contributed by atoms with E-state index < -0.39 is 0 Å². The summed E-state index contributed by atoms with van der Waals surface area (Å²) in [6.07, 6.45) is 7.90. The van der Waals surface area contributed by atoms with E-state index in [1.807, 2.05) is 18.5 Å². The Morgan fingerprint density at radius 1 is 1.50 bits per heavy atom. The van der Waals surface area contributed by atoms with Gasteiger partial charge in [0.15, 0.2) is 0 Å². The van der Waals surface area contributed by atoms with Crippen LogP contribution in [-0.2, 0) is 0 Å². The lowest BCUT2D eigenvalue weighted by Crippen LogP contribution is -2.25. The van der Waals surface area contributed by atoms with Crippen molar-refractivity contribution in [2.24, 2.45) is 5.92 Å². The van der Waals surface area contributed by atoms with Crippen molar-refractivity contribution in [1.29, 1.82) is 0 Å². The molecule has 1 aliphatic rings. The van der Waals surface area contributed by atoms with Gasteiger partial charge in [-0.3, -0.25) is 4.98 Å². The Bertz CT molecular complexity index is 340. The largest absolute Gasteiger partial charge is 0.393 e. The molecule has 3 nitrogen and oxygen atoms in total. The van der Waals surface area contributed by atoms with Crippen LogP contribution in [0, 0.1) is 12.8 Å². The van der Waals surface area contributed by atoms with Gasteiger partial charge in [-0.2, -0.15) is 0 Å². The second kappa shape index (κ2) is 5.30. The van der Waals surface area contributed by atoms with Crippen LogP contribution < -0.4 is 5.32 Å². The zero-order chi connectivity index (χ0) is 11.4. The summed E-state index contributed by atoms with van der Waals surface area (Å²) < 4.78 is 0. The van der Waals surface area contributed by atoms with E-state index in [1.54, 1.807) is 0 Å². The van der Waals surface area contributed by atoms with E-state index in [1.165, 1.54) is 12.0 Å². The van der Waals surface area contributed by atoms with Crippen LogP contribution in [0.2, 0.25) is 0 Å². The van der Waals surface area contributed by atoms with Gasteiger partial charge in [-0.05, 0) is 43.7 Å². The van der Waals surface area contributed by atoms with Gasteiger partial charge in [0.25, 0.3) is 0 Å². The molecule has 0 amide bonds. The van der Waals surface area contributed by atoms with Crippen LogP contribution in [0.1, 0.15) is 31.2 Å². The molecule has 2 N–H and O–H groups in total. The number of aliphatic hydroxyl groups excluding tert-OH is 1. The number of nitrogens with zero attached hydrogens (tertiary/aromatic N) is 1. The van der Waals surface area contributed by atoms with Crippen molar-refractivity contribution in [2.75, 3.05) is 11.9 Å². The fraction of sp³-hybridized carbons (Fsp3) is 0.615. The predicted octanol–water partition coefficient (Wildman–Crippen LogP) is 2.35. The molecule has 0 saturated heterocycles. The Kier molecular flexibility index (Phi) is 3.78. The van der Waals surface area contributed by atoms with Crippen LogP contribution in [-0.4, -0.2) is 22.7 Å². The molecule has 16 heavy (non-hydrogen) atoms. The third-order valence-electron chi connectivity index (χ3n) is 3.36. The minimum atomic E-state index is -0.0842. The highest BCUT2D eigenvalue weighted by Crippen LogP contribution is 2.24. The Hall–Kier alpha value is -1.09. The van der Waals surface area contributed by atoms with E-state index in [4.69, 9.17) is 0 Å². The molecule has 1 heterocycles. The van der Waals surface area contributed by atoms with Crippen molar-refractivity contribution in [3.05, 3.63) is 24.0 Å². The molecule has 0 bridgehead atoms. The molecule has 0 aromatic carbocycles. The lowest BCUT2D eigenvalue weighted by Gasteiger charge is -2.26. The van der Waals surface area contributed by atoms with Gasteiger partial charge in [0.2, 0.25) is 0 Å². The van der Waals surface area contributed by atoms with E-state index in [-0.39, 0.29) is 6.10 Å². The molecule has 88 valence electrons. The van der Waals surface area contributed by atoms with E-state index in [9.17, 15) is 5.11 Å². The van der Waals surface area contributed by atoms with Gasteiger partial charge in [-0.1, -0.05) is 6.42 Å². The molecule has 0 spiro atoms. The number of aryl methyl sites for hydroxylation is 1. The third kappa shape index (κ3) is 2.95. The number of anilines is 1. The highest BCUT2D eigenvalue weighted by Gasteiger charge is 2.19. The van der Waals surface area contributed by atoms with Gasteiger partial charge in [0, 0.05) is 24.6 Å². The number of aliphatic hydroxyl groups is 1. The zero-order valence-electron chi connectivity index (χ0n) is 9.82. The van der Waals surface area contributed by atoms with Crippen molar-refractivity contribution < 1.29 is 5.11 Å². The topological polar surface area (TPSA) is 45.2 Å². The number of nitrogens with one attached hydrogen (secondary N) is 1. The quantitative estimate of drug-likeness (QED) is 0.822. The van der Waals surface area contributed by atoms with Crippen LogP contribution in [0.5, 0.6) is 0 Å². The van der Waals surface area contributed by atoms with Crippen LogP contribution >= 0.6 is 0 Å². The first-order valence-electron chi connectivity index (χ1n) is 6.08. The van der Waals surface area contributed by atoms with Crippen LogP contribution in [0.25, 0.3) is 0 Å². The number of rotatable bonds is 3. The number of hydrogen-bond donors (Lipinski definition) is 2. The fourth-order valence-electron chi connectivity index (χ4n) is 2.37. The van der Waals surface area contributed by atoms with Crippen molar-refractivity contribution in [3.63, 3.8) is 0 Å². The molecule has 1 aromatic rings. The summed E-state index contributed by atoms with van der Waals surface area (Å²) in [4.78, 5) is 4.07. The van der Waals surface area contributed by atoms with E-state index in [0.29, 0.717) is 5.92 Å². The van der Waals surface area contributed by atoms with Crippen molar-refractivity contribution in [1.82, 2.24) is 4.98 Å². The fourth-order valence-corrected chi connectivity index (χ4v) is 2.37. The Balaban J connectivity index is 1.85. The summed E-state index contributed by atoms with van der Waals surface area (Å²) in [6.45, 7) is 3.02. The van der Waals surface area contributed by atoms with Gasteiger partial charge < -0.3 is 10.4 Å². The second-order valence-corrected chi connectivity index (χ2v) is 4.76. The number of hydrogen-bond acceptors (Lipinski definition) is 3. The number of pyridine rings is 1. The average molecular weight is 220 g/mol. The van der Waals surface area contributed by atoms with Crippen molar-refractivity contribution in [3.8, 4) is 0 Å². The highest BCUT2D eigenvalue weighted by atomic mass is 16.3. The van der Waals surface area contributed by atoms with Gasteiger partial charge in [-0.15, -0.1) is 0 Å². The molecular weight excluding hydrogens is 200 g/mol. The second-order valence-electron chi connectivity index (χ2n) is 4.76. The van der Waals surface area contributed by atoms with Crippen LogP contribution in [0.3, 0.4) is 0 Å². The maximum Gasteiger partial charge on any atom is 0.0543 e. The lowest BCUT2D eigenvalue weighted by molar-refractivity contribution is 0.105. The smallest absolute Gasteiger partial charge is 0.0543 e. The first-order chi connectivity index (χ1) is 7.75. The average Bonchev–Trinajstić information content (AvgIpc) is 2.28. The Morgan fingerprint density at radius 2 is 2.38 bits per heavy atom. The van der Waals surface area contributed by atoms with E-state index in [2.05, 4.69) is 17.2 Å². The van der Waals surface area contributed by atoms with Gasteiger partial charge in [0.05, 0.1) is 6.10 Å². The summed E-state index contributed by atoms with van der Waals surface area (Å²) in [5.41, 5.74) is 2.34. The summed E-state index contributed by atoms with van der Waals surface area (Å²) >= 11 is 0. The molecule has 2 rings (SSSR count). The SMILES string of the molecule is Cc1cnccc1NCC1CCCC(O)C1. The summed E-state index contributed by atoms with van der Waals surface area (Å²) in [7, 11) is 0. The van der Waals surface area contributed by atoms with Crippen molar-refractivity contribution in [2.45, 2.75) is 38.7 Å². The molecule has 2 unspecified atom stereocenters. The van der Waals surface area contributed by atoms with Gasteiger partial charge >= 0.3 is 0 Å². The molecule has 1 aliphatic carbocycles. The molecule has 1 saturated carbocycles. The van der Waals surface area contributed by atoms with Crippen molar-refractivity contribution >= 4 is 5.69 Å². The Morgan fingerprint density at radius 3 is 3.12 bits per heavy atom. The van der Waals surface area contributed by atoms with Crippen LogP contribution in [0.15, 0.2) is 18.5 Å². The summed E-state index contributed by atoms with van der Waals surface area (Å²) in [5.74, 6) is 0.608. The normalized spacial score (nSPS) is 25.4. The molecule has 3 heteroatoms. The minimum absolute atomic E-state index is 0.0842. The Labute approximate surface area is 96.9 Å². The minimum Gasteiger partial charge on any atom is -0.393 e. The number of aromatic nitrogens is 1. The predicted molar refractivity (Wildman–Crippen MR) is 65.4 cm³/mol. The van der Waals surface area contributed by atoms with E-state index in [0.717, 1.165) is 31.5 Å². The summed E-state index contributed by atoms with van der Waals surface area (Å²) in [6, 6.07) is 2.01. The molecule has 0 radical (unpaired) electrons. The maximum absolute atomic E-state index is 9.59. The molecule has 1 fully saturated rings. The summed E-state index contributed by atoms with van der Waals surface area (Å²) in [5, 5.41) is 13.0. The molecule has 0 aliphatic heterocycles. The molecule has 2 atom stereocenters. The van der Waals surface area contributed by atoms with Gasteiger partial charge in [-0.25, -0.2) is 0 Å². The standard InChI is InChI=1S/C13H20N2O/c1-10-8-14-6-5-13(10)15-9-11-3-2-4-12(16)7-11/h5-6,8,11-12,16H,2-4,7,9H2,1H3,(H,14,15). The highest BCUT2D eigenvalue weighted by molar-refractivity contribution is 5.48. The first-order valence-corrected chi connectivity index (χ1v) is 6.08. The van der Waals surface area contributed by atoms with Gasteiger partial charge in [0.1, 0.15) is 0 Å². The monoisotopic (exact) mass is 220 g/mol. The zero-order valence-corrected chi connectivity index (χ0v) is 9.82. The molecule has 1 aromatic heterocycles.